The zero-order valence-electron chi connectivity index (χ0n) is 25.6. The van der Waals surface area contributed by atoms with Gasteiger partial charge in [0.15, 0.2) is 0 Å². The van der Waals surface area contributed by atoms with E-state index >= 15 is 0 Å². The molecular formula is C32H36N6O9. The van der Waals surface area contributed by atoms with Crippen LogP contribution < -0.4 is 21.3 Å². The van der Waals surface area contributed by atoms with Crippen molar-refractivity contribution in [1.82, 2.24) is 20.5 Å². The van der Waals surface area contributed by atoms with Gasteiger partial charge in [-0.25, -0.2) is 4.98 Å². The van der Waals surface area contributed by atoms with Crippen LogP contribution in [0.2, 0.25) is 0 Å². The van der Waals surface area contributed by atoms with E-state index in [1.54, 1.807) is 24.3 Å². The summed E-state index contributed by atoms with van der Waals surface area (Å²) in [4.78, 5) is 69.4. The minimum absolute atomic E-state index is 0.122. The number of aromatic nitrogens is 1. The first-order valence-electron chi connectivity index (χ1n) is 15.2. The van der Waals surface area contributed by atoms with Crippen LogP contribution in [-0.2, 0) is 35.1 Å². The number of pyridine rings is 1. The van der Waals surface area contributed by atoms with E-state index in [1.807, 2.05) is 18.2 Å². The number of benzene rings is 2. The third kappa shape index (κ3) is 8.65. The summed E-state index contributed by atoms with van der Waals surface area (Å²) in [6.45, 7) is 1.42. The number of hydrogen-bond acceptors (Lipinski definition) is 11. The van der Waals surface area contributed by atoms with Gasteiger partial charge in [0.05, 0.1) is 56.5 Å². The fourth-order valence-electron chi connectivity index (χ4n) is 5.25. The standard InChI is InChI=1S/C32H36N6O9/c39-19-47-14-13-46-12-11-45-10-9-33-29(41)17-34-25-15-21-18-38(27-7-8-28(40)37-31(27)43)32(44)22(21)16-26(25)36-30(42)24-6-5-20-3-1-2-4-23(20)35-24/h1-6,15-16,27,34,39H,7-14,17-19H2,(H,33,41)(H,36,42)(H,37,40,43). The number of carbonyl (C=O) groups excluding carboxylic acids is 5. The summed E-state index contributed by atoms with van der Waals surface area (Å²) in [5.41, 5.74) is 2.35. The molecule has 1 unspecified atom stereocenters. The average molecular weight is 649 g/mol. The Bertz CT molecular complexity index is 1650. The number of para-hydroxylation sites is 1. The van der Waals surface area contributed by atoms with Gasteiger partial charge in [0.25, 0.3) is 11.8 Å². The highest BCUT2D eigenvalue weighted by atomic mass is 16.6. The van der Waals surface area contributed by atoms with E-state index in [-0.39, 0.29) is 75.7 Å². The summed E-state index contributed by atoms with van der Waals surface area (Å²) in [5.74, 6) is -2.16. The van der Waals surface area contributed by atoms with E-state index in [4.69, 9.17) is 19.3 Å². The van der Waals surface area contributed by atoms with Crippen LogP contribution in [0.15, 0.2) is 48.5 Å². The van der Waals surface area contributed by atoms with Gasteiger partial charge in [-0.3, -0.25) is 29.3 Å². The Morgan fingerprint density at radius 2 is 1.72 bits per heavy atom. The summed E-state index contributed by atoms with van der Waals surface area (Å²) in [7, 11) is 0. The van der Waals surface area contributed by atoms with Crippen LogP contribution in [0, 0.1) is 0 Å². The zero-order valence-corrected chi connectivity index (χ0v) is 25.6. The Morgan fingerprint density at radius 3 is 2.51 bits per heavy atom. The van der Waals surface area contributed by atoms with Crippen LogP contribution >= 0.6 is 0 Å². The predicted octanol–water partition coefficient (Wildman–Crippen LogP) is 0.776. The number of amides is 5. The number of rotatable bonds is 16. The number of aliphatic hydroxyl groups is 1. The number of nitrogens with one attached hydrogen (secondary N) is 4. The zero-order chi connectivity index (χ0) is 33.2. The first-order chi connectivity index (χ1) is 22.8. The van der Waals surface area contributed by atoms with Crippen molar-refractivity contribution in [3.05, 3.63) is 65.4 Å². The minimum atomic E-state index is -0.802. The molecule has 1 saturated heterocycles. The van der Waals surface area contributed by atoms with Crippen LogP contribution in [0.5, 0.6) is 0 Å². The molecule has 0 radical (unpaired) electrons. The average Bonchev–Trinajstić information content (AvgIpc) is 3.38. The minimum Gasteiger partial charge on any atom is -0.377 e. The number of carbonyl (C=O) groups is 5. The van der Waals surface area contributed by atoms with Crippen molar-refractivity contribution < 1.29 is 43.3 Å². The van der Waals surface area contributed by atoms with Gasteiger partial charge >= 0.3 is 0 Å². The maximum atomic E-state index is 13.4. The quantitative estimate of drug-likeness (QED) is 0.0836. The normalized spacial score (nSPS) is 15.8. The number of aliphatic hydroxyl groups excluding tert-OH is 1. The Balaban J connectivity index is 1.24. The molecule has 0 spiro atoms. The molecule has 0 saturated carbocycles. The van der Waals surface area contributed by atoms with E-state index in [2.05, 4.69) is 26.3 Å². The van der Waals surface area contributed by atoms with Crippen molar-refractivity contribution >= 4 is 51.8 Å². The third-order valence-electron chi connectivity index (χ3n) is 7.58. The van der Waals surface area contributed by atoms with Crippen molar-refractivity contribution in [2.45, 2.75) is 25.4 Å². The molecule has 248 valence electrons. The lowest BCUT2D eigenvalue weighted by Gasteiger charge is -2.29. The number of nitrogens with zero attached hydrogens (tertiary/aromatic N) is 2. The molecule has 2 aromatic carbocycles. The Kier molecular flexibility index (Phi) is 11.4. The number of piperidine rings is 1. The van der Waals surface area contributed by atoms with Crippen molar-refractivity contribution in [2.75, 3.05) is 63.6 Å². The molecule has 1 fully saturated rings. The van der Waals surface area contributed by atoms with Crippen molar-refractivity contribution in [1.29, 1.82) is 0 Å². The molecule has 0 bridgehead atoms. The molecular weight excluding hydrogens is 612 g/mol. The summed E-state index contributed by atoms with van der Waals surface area (Å²) in [6.07, 6.45) is 0.335. The highest BCUT2D eigenvalue weighted by Gasteiger charge is 2.39. The largest absolute Gasteiger partial charge is 0.377 e. The van der Waals surface area contributed by atoms with E-state index in [1.165, 1.54) is 11.0 Å². The van der Waals surface area contributed by atoms with Crippen LogP contribution in [-0.4, -0.2) is 103 Å². The van der Waals surface area contributed by atoms with Gasteiger partial charge in [-0.1, -0.05) is 24.3 Å². The van der Waals surface area contributed by atoms with Gasteiger partial charge in [-0.15, -0.1) is 0 Å². The van der Waals surface area contributed by atoms with Gasteiger partial charge in [0, 0.05) is 30.5 Å². The highest BCUT2D eigenvalue weighted by molar-refractivity contribution is 6.09. The van der Waals surface area contributed by atoms with E-state index < -0.39 is 23.8 Å². The van der Waals surface area contributed by atoms with Crippen molar-refractivity contribution in [3.63, 3.8) is 0 Å². The summed E-state index contributed by atoms with van der Waals surface area (Å²) in [6, 6.07) is 13.2. The highest BCUT2D eigenvalue weighted by Crippen LogP contribution is 2.34. The maximum Gasteiger partial charge on any atom is 0.274 e. The topological polar surface area (TPSA) is 198 Å². The first kappa shape index (κ1) is 33.4. The molecule has 5 rings (SSSR count). The number of ether oxygens (including phenoxy) is 3. The lowest BCUT2D eigenvalue weighted by atomic mass is 10.0. The van der Waals surface area contributed by atoms with Crippen LogP contribution in [0.25, 0.3) is 10.9 Å². The van der Waals surface area contributed by atoms with E-state index in [9.17, 15) is 24.0 Å². The van der Waals surface area contributed by atoms with Gasteiger partial charge in [-0.2, -0.15) is 0 Å². The Labute approximate surface area is 269 Å². The number of anilines is 2. The van der Waals surface area contributed by atoms with Crippen LogP contribution in [0.4, 0.5) is 11.4 Å². The third-order valence-corrected chi connectivity index (χ3v) is 7.58. The van der Waals surface area contributed by atoms with E-state index in [0.29, 0.717) is 42.2 Å². The summed E-state index contributed by atoms with van der Waals surface area (Å²) >= 11 is 0. The summed E-state index contributed by atoms with van der Waals surface area (Å²) < 4.78 is 15.5. The first-order valence-corrected chi connectivity index (χ1v) is 15.2. The fraction of sp³-hybridized carbons (Fsp3) is 0.375. The molecule has 15 nitrogen and oxygen atoms in total. The molecule has 1 atom stereocenters. The fourth-order valence-corrected chi connectivity index (χ4v) is 5.25. The van der Waals surface area contributed by atoms with Gasteiger partial charge in [-0.05, 0) is 36.2 Å². The smallest absolute Gasteiger partial charge is 0.274 e. The molecule has 15 heteroatoms. The van der Waals surface area contributed by atoms with Crippen molar-refractivity contribution in [2.24, 2.45) is 0 Å². The van der Waals surface area contributed by atoms with Crippen LogP contribution in [0.3, 0.4) is 0 Å². The molecule has 2 aliphatic heterocycles. The Hall–Kier alpha value is -4.96. The molecule has 5 N–H and O–H groups in total. The molecule has 3 heterocycles. The molecule has 1 aromatic heterocycles. The van der Waals surface area contributed by atoms with Crippen molar-refractivity contribution in [3.8, 4) is 0 Å². The van der Waals surface area contributed by atoms with Gasteiger partial charge in [0.2, 0.25) is 17.7 Å². The molecule has 2 aliphatic rings. The second-order valence-corrected chi connectivity index (χ2v) is 10.8. The van der Waals surface area contributed by atoms with Gasteiger partial charge < -0.3 is 40.2 Å². The molecule has 3 aromatic rings. The lowest BCUT2D eigenvalue weighted by Crippen LogP contribution is -2.52. The second kappa shape index (κ2) is 16.0. The molecule has 0 aliphatic carbocycles. The number of hydrogen-bond donors (Lipinski definition) is 5. The predicted molar refractivity (Wildman–Crippen MR) is 168 cm³/mol. The molecule has 5 amide bonds. The SMILES string of the molecule is O=C(CNc1cc2c(cc1NC(=O)c1ccc3ccccc3n1)C(=O)N(C1CCC(=O)NC1=O)C2)NCCOCCOCCOCO. The summed E-state index contributed by atoms with van der Waals surface area (Å²) in [5, 5.41) is 20.3. The lowest BCUT2D eigenvalue weighted by molar-refractivity contribution is -0.137. The number of fused-ring (bicyclic) bond motifs is 2. The van der Waals surface area contributed by atoms with Crippen LogP contribution in [0.1, 0.15) is 39.3 Å². The van der Waals surface area contributed by atoms with E-state index in [0.717, 1.165) is 5.39 Å². The second-order valence-electron chi connectivity index (χ2n) is 10.8. The number of imide groups is 1. The monoisotopic (exact) mass is 648 g/mol. The molecule has 47 heavy (non-hydrogen) atoms. The Morgan fingerprint density at radius 1 is 0.957 bits per heavy atom. The van der Waals surface area contributed by atoms with Gasteiger partial charge in [0.1, 0.15) is 18.5 Å². The maximum absolute atomic E-state index is 13.4.